The zero-order valence-electron chi connectivity index (χ0n) is 10.1. The summed E-state index contributed by atoms with van der Waals surface area (Å²) >= 11 is 0. The highest BCUT2D eigenvalue weighted by molar-refractivity contribution is 5.21. The van der Waals surface area contributed by atoms with Gasteiger partial charge in [0.2, 0.25) is 0 Å². The number of likely N-dealkylation sites (tertiary alicyclic amines) is 1. The van der Waals surface area contributed by atoms with Crippen molar-refractivity contribution in [3.05, 3.63) is 17.5 Å². The molecule has 0 aromatic carbocycles. The molecule has 0 amide bonds. The lowest BCUT2D eigenvalue weighted by Gasteiger charge is -2.40. The fraction of sp³-hybridized carbons (Fsp3) is 0.769. The Morgan fingerprint density at radius 3 is 3.31 bits per heavy atom. The molecule has 16 heavy (non-hydrogen) atoms. The van der Waals surface area contributed by atoms with Gasteiger partial charge in [-0.05, 0) is 31.2 Å². The molecular weight excluding hydrogens is 198 g/mol. The predicted molar refractivity (Wildman–Crippen MR) is 63.5 cm³/mol. The van der Waals surface area contributed by atoms with Crippen molar-refractivity contribution in [1.29, 1.82) is 0 Å². The van der Waals surface area contributed by atoms with Crippen molar-refractivity contribution in [2.75, 3.05) is 13.1 Å². The maximum absolute atomic E-state index is 4.20. The Hall–Kier alpha value is -0.830. The van der Waals surface area contributed by atoms with Crippen LogP contribution in [0.1, 0.15) is 37.4 Å². The summed E-state index contributed by atoms with van der Waals surface area (Å²) in [6.07, 6.45) is 8.71. The summed E-state index contributed by atoms with van der Waals surface area (Å²) in [5, 5.41) is 7.39. The number of aromatic nitrogens is 2. The highest BCUT2D eigenvalue weighted by Crippen LogP contribution is 2.27. The van der Waals surface area contributed by atoms with Crippen LogP contribution < -0.4 is 4.90 Å². The first kappa shape index (κ1) is 10.3. The molecule has 1 aromatic rings. The van der Waals surface area contributed by atoms with Crippen LogP contribution in [0, 0.1) is 5.92 Å². The molecule has 1 aromatic heterocycles. The van der Waals surface area contributed by atoms with E-state index >= 15 is 0 Å². The average molecular weight is 220 g/mol. The Morgan fingerprint density at radius 1 is 1.50 bits per heavy atom. The van der Waals surface area contributed by atoms with Gasteiger partial charge in [-0.1, -0.05) is 6.92 Å². The van der Waals surface area contributed by atoms with Gasteiger partial charge in [0.15, 0.2) is 0 Å². The quantitative estimate of drug-likeness (QED) is 0.751. The molecule has 88 valence electrons. The molecule has 3 heteroatoms. The summed E-state index contributed by atoms with van der Waals surface area (Å²) in [4.78, 5) is 1.85. The lowest BCUT2D eigenvalue weighted by molar-refractivity contribution is -0.935. The second-order valence-corrected chi connectivity index (χ2v) is 5.45. The maximum Gasteiger partial charge on any atom is 0.0962 e. The fourth-order valence-electron chi connectivity index (χ4n) is 3.69. The minimum Gasteiger partial charge on any atom is -0.332 e. The van der Waals surface area contributed by atoms with E-state index < -0.39 is 0 Å². The second kappa shape index (κ2) is 4.21. The molecule has 0 saturated carbocycles. The van der Waals surface area contributed by atoms with E-state index in [1.807, 2.05) is 11.1 Å². The molecule has 2 aliphatic rings. The van der Waals surface area contributed by atoms with E-state index in [-0.39, 0.29) is 0 Å². The largest absolute Gasteiger partial charge is 0.332 e. The van der Waals surface area contributed by atoms with Crippen LogP contribution in [-0.4, -0.2) is 29.3 Å². The number of hydrogen-bond donors (Lipinski definition) is 2. The van der Waals surface area contributed by atoms with Crippen LogP contribution in [0.15, 0.2) is 6.20 Å². The fourth-order valence-corrected chi connectivity index (χ4v) is 3.69. The number of H-pyrrole nitrogens is 1. The number of nitrogens with one attached hydrogen (secondary N) is 2. The van der Waals surface area contributed by atoms with Crippen molar-refractivity contribution in [2.24, 2.45) is 5.92 Å². The highest BCUT2D eigenvalue weighted by Gasteiger charge is 2.38. The summed E-state index contributed by atoms with van der Waals surface area (Å²) in [6, 6.07) is 0.863. The van der Waals surface area contributed by atoms with Crippen LogP contribution in [0.4, 0.5) is 0 Å². The van der Waals surface area contributed by atoms with E-state index in [4.69, 9.17) is 0 Å². The van der Waals surface area contributed by atoms with Gasteiger partial charge < -0.3 is 4.90 Å². The van der Waals surface area contributed by atoms with E-state index in [1.165, 1.54) is 56.5 Å². The molecule has 1 fully saturated rings. The minimum absolute atomic E-state index is 0.863. The third kappa shape index (κ3) is 1.67. The van der Waals surface area contributed by atoms with Crippen LogP contribution in [0.3, 0.4) is 0 Å². The third-order valence-electron chi connectivity index (χ3n) is 4.45. The Kier molecular flexibility index (Phi) is 2.72. The first-order valence-electron chi connectivity index (χ1n) is 6.74. The maximum atomic E-state index is 4.20. The molecule has 0 radical (unpaired) electrons. The van der Waals surface area contributed by atoms with Crippen molar-refractivity contribution >= 4 is 0 Å². The number of fused-ring (bicyclic) bond motifs is 2. The van der Waals surface area contributed by atoms with Crippen molar-refractivity contribution in [1.82, 2.24) is 10.2 Å². The van der Waals surface area contributed by atoms with Crippen LogP contribution >= 0.6 is 0 Å². The van der Waals surface area contributed by atoms with E-state index in [0.717, 1.165) is 12.0 Å². The zero-order valence-corrected chi connectivity index (χ0v) is 10.1. The number of piperidine rings is 1. The number of aromatic amines is 1. The summed E-state index contributed by atoms with van der Waals surface area (Å²) in [5.41, 5.74) is 2.90. The summed E-state index contributed by atoms with van der Waals surface area (Å²) in [5.74, 6) is 0.917. The van der Waals surface area contributed by atoms with Gasteiger partial charge in [-0.25, -0.2) is 0 Å². The topological polar surface area (TPSA) is 33.1 Å². The molecule has 0 bridgehead atoms. The van der Waals surface area contributed by atoms with Gasteiger partial charge in [0.25, 0.3) is 0 Å². The Labute approximate surface area is 97.2 Å². The molecule has 3 atom stereocenters. The second-order valence-electron chi connectivity index (χ2n) is 5.45. The standard InChI is InChI=1S/C13H21N3/c1-2-5-16-6-3-4-10-7-11-9-14-15-12(11)8-13(10)16/h9-10,13H,2-8H2,1H3,(H,14,15)/p+1/t10-,13-/m1/s1. The lowest BCUT2D eigenvalue weighted by Crippen LogP contribution is -3.18. The summed E-state index contributed by atoms with van der Waals surface area (Å²) in [6.45, 7) is 5.05. The first-order chi connectivity index (χ1) is 7.88. The number of nitrogens with zero attached hydrogens (tertiary/aromatic N) is 1. The van der Waals surface area contributed by atoms with Gasteiger partial charge in [0.1, 0.15) is 0 Å². The van der Waals surface area contributed by atoms with Crippen molar-refractivity contribution in [2.45, 2.75) is 45.1 Å². The Bertz CT molecular complexity index is 356. The first-order valence-corrected chi connectivity index (χ1v) is 6.74. The van der Waals surface area contributed by atoms with Gasteiger partial charge in [0, 0.05) is 18.0 Å². The highest BCUT2D eigenvalue weighted by atomic mass is 15.2. The molecular formula is C13H22N3+. The Morgan fingerprint density at radius 2 is 2.44 bits per heavy atom. The Balaban J connectivity index is 1.81. The molecule has 2 N–H and O–H groups in total. The van der Waals surface area contributed by atoms with Gasteiger partial charge in [-0.2, -0.15) is 5.10 Å². The van der Waals surface area contributed by atoms with E-state index in [9.17, 15) is 0 Å². The summed E-state index contributed by atoms with van der Waals surface area (Å²) < 4.78 is 0. The van der Waals surface area contributed by atoms with E-state index in [0.29, 0.717) is 0 Å². The van der Waals surface area contributed by atoms with E-state index in [1.54, 1.807) is 0 Å². The zero-order chi connectivity index (χ0) is 11.0. The van der Waals surface area contributed by atoms with Crippen LogP contribution in [0.25, 0.3) is 0 Å². The molecule has 0 spiro atoms. The normalized spacial score (nSPS) is 33.2. The van der Waals surface area contributed by atoms with Crippen LogP contribution in [0.5, 0.6) is 0 Å². The van der Waals surface area contributed by atoms with Gasteiger partial charge >= 0.3 is 0 Å². The average Bonchev–Trinajstić information content (AvgIpc) is 2.74. The SMILES string of the molecule is CCC[NH+]1CCC[C@@H]2Cc3cn[nH]c3C[C@H]21. The molecule has 2 heterocycles. The molecule has 1 aliphatic carbocycles. The van der Waals surface area contributed by atoms with Gasteiger partial charge in [0.05, 0.1) is 25.3 Å². The van der Waals surface area contributed by atoms with Gasteiger partial charge in [-0.3, -0.25) is 5.10 Å². The van der Waals surface area contributed by atoms with Crippen LogP contribution in [0.2, 0.25) is 0 Å². The monoisotopic (exact) mass is 220 g/mol. The van der Waals surface area contributed by atoms with Crippen molar-refractivity contribution in [3.8, 4) is 0 Å². The third-order valence-corrected chi connectivity index (χ3v) is 4.45. The lowest BCUT2D eigenvalue weighted by atomic mass is 9.77. The van der Waals surface area contributed by atoms with Crippen molar-refractivity contribution < 1.29 is 4.90 Å². The number of rotatable bonds is 2. The van der Waals surface area contributed by atoms with Gasteiger partial charge in [-0.15, -0.1) is 0 Å². The predicted octanol–water partition coefficient (Wildman–Crippen LogP) is 0.582. The molecule has 3 nitrogen and oxygen atoms in total. The van der Waals surface area contributed by atoms with Crippen LogP contribution in [-0.2, 0) is 12.8 Å². The molecule has 1 saturated heterocycles. The smallest absolute Gasteiger partial charge is 0.0962 e. The molecule has 1 aliphatic heterocycles. The summed E-state index contributed by atoms with van der Waals surface area (Å²) in [7, 11) is 0. The van der Waals surface area contributed by atoms with E-state index in [2.05, 4.69) is 17.1 Å². The molecule has 3 rings (SSSR count). The number of hydrogen-bond acceptors (Lipinski definition) is 1. The van der Waals surface area contributed by atoms with Crippen molar-refractivity contribution in [3.63, 3.8) is 0 Å². The minimum atomic E-state index is 0.863. The molecule has 1 unspecified atom stereocenters. The number of quaternary nitrogens is 1.